The van der Waals surface area contributed by atoms with Crippen LogP contribution >= 0.6 is 0 Å². The van der Waals surface area contributed by atoms with Crippen LogP contribution < -0.4 is 15.4 Å². The molecule has 2 heterocycles. The average molecular weight is 485 g/mol. The summed E-state index contributed by atoms with van der Waals surface area (Å²) in [6.07, 6.45) is -1.11. The number of imidazole rings is 1. The largest absolute Gasteiger partial charge is 0.508 e. The smallest absolute Gasteiger partial charge is 0.255 e. The van der Waals surface area contributed by atoms with Crippen LogP contribution in [0.2, 0.25) is 0 Å². The molecular weight excluding hydrogens is 463 g/mol. The van der Waals surface area contributed by atoms with Gasteiger partial charge in [0.25, 0.3) is 12.3 Å². The molecule has 2 aromatic carbocycles. The highest BCUT2D eigenvalue weighted by atomic mass is 19.3. The van der Waals surface area contributed by atoms with E-state index >= 15 is 0 Å². The van der Waals surface area contributed by atoms with Crippen molar-refractivity contribution in [2.24, 2.45) is 0 Å². The Labute approximate surface area is 198 Å². The number of aromatic hydroxyl groups is 1. The molecule has 4 aromatic rings. The van der Waals surface area contributed by atoms with Gasteiger partial charge in [0, 0.05) is 29.8 Å². The van der Waals surface area contributed by atoms with Gasteiger partial charge in [0.15, 0.2) is 17.2 Å². The summed E-state index contributed by atoms with van der Waals surface area (Å²) >= 11 is 0. The van der Waals surface area contributed by atoms with Crippen LogP contribution in [0.5, 0.6) is 17.4 Å². The molecule has 2 aromatic heterocycles. The minimum atomic E-state index is -2.62. The van der Waals surface area contributed by atoms with E-state index in [2.05, 4.69) is 20.7 Å². The summed E-state index contributed by atoms with van der Waals surface area (Å²) in [4.78, 5) is 16.6. The third-order valence-corrected chi connectivity index (χ3v) is 5.13. The van der Waals surface area contributed by atoms with Crippen molar-refractivity contribution in [3.05, 3.63) is 65.6 Å². The van der Waals surface area contributed by atoms with Crippen LogP contribution in [-0.2, 0) is 0 Å². The predicted octanol–water partition coefficient (Wildman–Crippen LogP) is 4.77. The van der Waals surface area contributed by atoms with Crippen LogP contribution in [0.1, 0.15) is 22.8 Å². The molecule has 182 valence electrons. The molecule has 11 heteroatoms. The number of amides is 1. The number of ether oxygens (including phenoxy) is 1. The zero-order valence-electron chi connectivity index (χ0n) is 18.8. The number of carbonyl (C=O) groups excluding carboxylic acids is 1. The molecule has 0 radical (unpaired) electrons. The highest BCUT2D eigenvalue weighted by Crippen LogP contribution is 2.31. The third kappa shape index (κ3) is 5.13. The van der Waals surface area contributed by atoms with Gasteiger partial charge in [0.05, 0.1) is 24.1 Å². The summed E-state index contributed by atoms with van der Waals surface area (Å²) in [7, 11) is 0. The van der Waals surface area contributed by atoms with Crippen LogP contribution in [-0.4, -0.2) is 45.1 Å². The Kier molecular flexibility index (Phi) is 6.76. The fourth-order valence-electron chi connectivity index (χ4n) is 3.53. The summed E-state index contributed by atoms with van der Waals surface area (Å²) in [5.41, 5.74) is 2.87. The number of hydrogen-bond acceptors (Lipinski definition) is 6. The third-order valence-electron chi connectivity index (χ3n) is 5.13. The number of nitrogens with zero attached hydrogens (tertiary/aromatic N) is 3. The van der Waals surface area contributed by atoms with Gasteiger partial charge < -0.3 is 20.5 Å². The highest BCUT2D eigenvalue weighted by molar-refractivity contribution is 5.96. The van der Waals surface area contributed by atoms with Crippen LogP contribution in [0.3, 0.4) is 0 Å². The van der Waals surface area contributed by atoms with Crippen molar-refractivity contribution in [1.82, 2.24) is 19.9 Å². The van der Waals surface area contributed by atoms with E-state index in [4.69, 9.17) is 4.74 Å². The lowest BCUT2D eigenvalue weighted by Gasteiger charge is -2.12. The standard InChI is InChI=1S/C24H22F3N5O3/c1-3-28-24(34)16-6-4-14(8-13(16)2)19-11-30-23-18(29-12-21(26)27)10-22(31-32(19)23)35-20-7-5-15(33)9-17(20)25/h4-11,21,29,33H,3,12H2,1-2H3,(H,28,34). The van der Waals surface area contributed by atoms with Crippen LogP contribution in [0.25, 0.3) is 16.9 Å². The molecule has 3 N–H and O–H groups in total. The van der Waals surface area contributed by atoms with E-state index in [9.17, 15) is 23.1 Å². The lowest BCUT2D eigenvalue weighted by atomic mass is 10.0. The van der Waals surface area contributed by atoms with Crippen molar-refractivity contribution in [3.8, 4) is 28.6 Å². The summed E-state index contributed by atoms with van der Waals surface area (Å²) in [5.74, 6) is -1.60. The second kappa shape index (κ2) is 9.92. The van der Waals surface area contributed by atoms with Gasteiger partial charge in [-0.15, -0.1) is 5.10 Å². The van der Waals surface area contributed by atoms with Gasteiger partial charge in [-0.2, -0.15) is 0 Å². The first kappa shape index (κ1) is 23.9. The molecule has 0 aliphatic rings. The van der Waals surface area contributed by atoms with Gasteiger partial charge in [-0.1, -0.05) is 6.07 Å². The Morgan fingerprint density at radius 3 is 2.69 bits per heavy atom. The first-order chi connectivity index (χ1) is 16.8. The molecule has 0 spiro atoms. The molecule has 0 unspecified atom stereocenters. The topological polar surface area (TPSA) is 101 Å². The number of halogens is 3. The molecule has 0 atom stereocenters. The van der Waals surface area contributed by atoms with Crippen molar-refractivity contribution in [3.63, 3.8) is 0 Å². The van der Waals surface area contributed by atoms with E-state index in [1.165, 1.54) is 28.9 Å². The molecule has 0 aliphatic heterocycles. The first-order valence-electron chi connectivity index (χ1n) is 10.7. The minimum absolute atomic E-state index is 0.0891. The molecule has 1 amide bonds. The maximum Gasteiger partial charge on any atom is 0.255 e. The maximum absolute atomic E-state index is 14.2. The van der Waals surface area contributed by atoms with E-state index in [1.807, 2.05) is 6.92 Å². The fourth-order valence-corrected chi connectivity index (χ4v) is 3.53. The van der Waals surface area contributed by atoms with Gasteiger partial charge in [-0.3, -0.25) is 4.79 Å². The van der Waals surface area contributed by atoms with Crippen LogP contribution in [0.4, 0.5) is 18.9 Å². The summed E-state index contributed by atoms with van der Waals surface area (Å²) in [6, 6.07) is 9.87. The predicted molar refractivity (Wildman–Crippen MR) is 124 cm³/mol. The van der Waals surface area contributed by atoms with E-state index in [-0.39, 0.29) is 34.6 Å². The Morgan fingerprint density at radius 2 is 2.00 bits per heavy atom. The zero-order chi connectivity index (χ0) is 25.1. The SMILES string of the molecule is CCNC(=O)c1ccc(-c2cnc3c(NCC(F)F)cc(Oc4ccc(O)cc4F)nn23)cc1C. The lowest BCUT2D eigenvalue weighted by Crippen LogP contribution is -2.23. The number of rotatable bonds is 8. The normalized spacial score (nSPS) is 11.1. The summed E-state index contributed by atoms with van der Waals surface area (Å²) in [5, 5.41) is 19.2. The molecule has 4 rings (SSSR count). The number of nitrogens with one attached hydrogen (secondary N) is 2. The Bertz CT molecular complexity index is 1390. The number of hydrogen-bond donors (Lipinski definition) is 3. The van der Waals surface area contributed by atoms with E-state index in [1.54, 1.807) is 25.1 Å². The van der Waals surface area contributed by atoms with Gasteiger partial charge in [0.2, 0.25) is 5.88 Å². The maximum atomic E-state index is 14.2. The number of aromatic nitrogens is 3. The molecule has 0 saturated heterocycles. The first-order valence-corrected chi connectivity index (χ1v) is 10.7. The zero-order valence-corrected chi connectivity index (χ0v) is 18.8. The van der Waals surface area contributed by atoms with E-state index < -0.39 is 18.8 Å². The molecule has 0 aliphatic carbocycles. The van der Waals surface area contributed by atoms with Crippen molar-refractivity contribution in [1.29, 1.82) is 0 Å². The number of carbonyl (C=O) groups is 1. The number of benzene rings is 2. The highest BCUT2D eigenvalue weighted by Gasteiger charge is 2.17. The number of anilines is 1. The summed E-state index contributed by atoms with van der Waals surface area (Å²) < 4.78 is 46.9. The van der Waals surface area contributed by atoms with Gasteiger partial charge in [-0.25, -0.2) is 22.7 Å². The Hall–Kier alpha value is -4.28. The van der Waals surface area contributed by atoms with Gasteiger partial charge >= 0.3 is 0 Å². The molecular formula is C24H22F3N5O3. The molecule has 0 saturated carbocycles. The molecule has 0 bridgehead atoms. The van der Waals surface area contributed by atoms with Crippen molar-refractivity contribution >= 4 is 17.2 Å². The van der Waals surface area contributed by atoms with E-state index in [0.29, 0.717) is 23.4 Å². The van der Waals surface area contributed by atoms with Gasteiger partial charge in [-0.05, 0) is 43.7 Å². The monoisotopic (exact) mass is 485 g/mol. The number of alkyl halides is 2. The molecule has 0 fully saturated rings. The lowest BCUT2D eigenvalue weighted by molar-refractivity contribution is 0.0955. The Morgan fingerprint density at radius 1 is 1.20 bits per heavy atom. The van der Waals surface area contributed by atoms with E-state index in [0.717, 1.165) is 11.6 Å². The number of phenols is 1. The second-order valence-electron chi connectivity index (χ2n) is 7.65. The van der Waals surface area contributed by atoms with Crippen LogP contribution in [0.15, 0.2) is 48.7 Å². The Balaban J connectivity index is 1.79. The second-order valence-corrected chi connectivity index (χ2v) is 7.65. The number of phenolic OH excluding ortho intramolecular Hbond substituents is 1. The van der Waals surface area contributed by atoms with Crippen molar-refractivity contribution < 1.29 is 27.8 Å². The quantitative estimate of drug-likeness (QED) is 0.333. The fraction of sp³-hybridized carbons (Fsp3) is 0.208. The minimum Gasteiger partial charge on any atom is -0.508 e. The molecule has 35 heavy (non-hydrogen) atoms. The number of fused-ring (bicyclic) bond motifs is 1. The number of aryl methyl sites for hydroxylation is 1. The average Bonchev–Trinajstić information content (AvgIpc) is 3.23. The molecule has 8 nitrogen and oxygen atoms in total. The van der Waals surface area contributed by atoms with Crippen molar-refractivity contribution in [2.75, 3.05) is 18.4 Å². The van der Waals surface area contributed by atoms with Crippen molar-refractivity contribution in [2.45, 2.75) is 20.3 Å². The summed E-state index contributed by atoms with van der Waals surface area (Å²) in [6.45, 7) is 3.47. The van der Waals surface area contributed by atoms with Gasteiger partial charge in [0.1, 0.15) is 5.75 Å². The van der Waals surface area contributed by atoms with Crippen LogP contribution in [0, 0.1) is 12.7 Å².